The van der Waals surface area contributed by atoms with E-state index in [0.717, 1.165) is 0 Å². The van der Waals surface area contributed by atoms with Crippen molar-refractivity contribution < 1.29 is 78.1 Å². The molecule has 0 fully saturated rings. The molecule has 8 heteroatoms. The van der Waals surface area contributed by atoms with E-state index >= 15 is 0 Å². The van der Waals surface area contributed by atoms with Gasteiger partial charge in [-0.15, -0.1) is 0 Å². The van der Waals surface area contributed by atoms with Crippen molar-refractivity contribution in [1.29, 1.82) is 0 Å². The van der Waals surface area contributed by atoms with Crippen molar-refractivity contribution in [3.8, 4) is 0 Å². The summed E-state index contributed by atoms with van der Waals surface area (Å²) in [6.07, 6.45) is 0. The van der Waals surface area contributed by atoms with Crippen LogP contribution in [0.3, 0.4) is 0 Å². The van der Waals surface area contributed by atoms with Crippen LogP contribution in [0.1, 0.15) is 0 Å². The van der Waals surface area contributed by atoms with Crippen molar-refractivity contribution in [3.05, 3.63) is 0 Å². The minimum Gasteiger partial charge on any atom is -1.00 e. The van der Waals surface area contributed by atoms with E-state index in [-0.39, 0.29) is 63.1 Å². The van der Waals surface area contributed by atoms with Gasteiger partial charge in [0.1, 0.15) is 0 Å². The first kappa shape index (κ1) is 33.3. The Morgan fingerprint density at radius 2 is 0.750 bits per heavy atom. The Kier molecular flexibility index (Phi) is 97.2. The minimum absolute atomic E-state index is 0. The van der Waals surface area contributed by atoms with Crippen molar-refractivity contribution in [2.24, 2.45) is 0 Å². The maximum absolute atomic E-state index is 7.17. The fourth-order valence-electron chi connectivity index (χ4n) is 0. The molecule has 0 aliphatic heterocycles. The molecule has 0 spiro atoms. The molecule has 0 aromatic rings. The van der Waals surface area contributed by atoms with Crippen LogP contribution in [0.2, 0.25) is 0 Å². The van der Waals surface area contributed by atoms with E-state index in [4.69, 9.17) is 15.1 Å². The van der Waals surface area contributed by atoms with E-state index in [2.05, 4.69) is 0 Å². The van der Waals surface area contributed by atoms with Crippen LogP contribution in [0.25, 0.3) is 0 Å². The summed E-state index contributed by atoms with van der Waals surface area (Å²) < 4.78 is 0. The summed E-state index contributed by atoms with van der Waals surface area (Å²) in [5.41, 5.74) is 0. The topological polar surface area (TPSA) is 60.7 Å². The summed E-state index contributed by atoms with van der Waals surface area (Å²) in [6, 6.07) is 0. The van der Waals surface area contributed by atoms with Crippen LogP contribution in [0, 0.1) is 0 Å². The minimum atomic E-state index is -2.17. The van der Waals surface area contributed by atoms with Crippen molar-refractivity contribution in [2.45, 2.75) is 0 Å². The van der Waals surface area contributed by atoms with Crippen molar-refractivity contribution in [1.82, 2.24) is 0 Å². The smallest absolute Gasteiger partial charge is 0.631 e. The molecule has 0 aliphatic rings. The molecule has 0 saturated carbocycles. The van der Waals surface area contributed by atoms with Gasteiger partial charge in [0.2, 0.25) is 0 Å². The second kappa shape index (κ2) is 23.4. The summed E-state index contributed by atoms with van der Waals surface area (Å²) in [5, 5.41) is 21.5. The zero-order valence-corrected chi connectivity index (χ0v) is 9.41. The first-order valence-electron chi connectivity index (χ1n) is 0.775. The molecule has 0 aromatic heterocycles. The van der Waals surface area contributed by atoms with Gasteiger partial charge in [-0.3, -0.25) is 0 Å². The maximum atomic E-state index is 7.17. The van der Waals surface area contributed by atoms with E-state index in [1.165, 1.54) is 0 Å². The molecule has 0 amide bonds. The molecule has 3 nitrogen and oxygen atoms in total. The third-order valence-corrected chi connectivity index (χ3v) is 0. The molecule has 0 heterocycles. The van der Waals surface area contributed by atoms with Crippen molar-refractivity contribution in [2.75, 3.05) is 0 Å². The fourth-order valence-corrected chi connectivity index (χ4v) is 0. The van der Waals surface area contributed by atoms with E-state index < -0.39 is 7.32 Å². The van der Waals surface area contributed by atoms with E-state index in [1.54, 1.807) is 0 Å². The molecule has 0 aliphatic carbocycles. The summed E-state index contributed by atoms with van der Waals surface area (Å²) in [7, 11) is -2.17. The number of hydrogen-bond acceptors (Lipinski definition) is 3. The molecule has 0 rings (SSSR count). The molecule has 0 aromatic carbocycles. The Labute approximate surface area is 85.1 Å². The Hall–Kier alpha value is 1.69. The van der Waals surface area contributed by atoms with Crippen LogP contribution in [-0.2, 0) is 25.8 Å². The van der Waals surface area contributed by atoms with Gasteiger partial charge in [-0.1, -0.05) is 0 Å². The van der Waals surface area contributed by atoms with Crippen LogP contribution in [0.15, 0.2) is 0 Å². The Morgan fingerprint density at radius 1 is 0.750 bits per heavy atom. The van der Waals surface area contributed by atoms with E-state index in [0.29, 0.717) is 0 Å². The van der Waals surface area contributed by atoms with Gasteiger partial charge in [0, 0.05) is 25.8 Å². The van der Waals surface area contributed by atoms with Gasteiger partial charge in [0.05, 0.1) is 0 Å². The third-order valence-electron chi connectivity index (χ3n) is 0. The molecule has 3 N–H and O–H groups in total. The average molecular weight is 347 g/mol. The van der Waals surface area contributed by atoms with Gasteiger partial charge >= 0.3 is 7.32 Å². The Morgan fingerprint density at radius 3 is 0.750 bits per heavy atom. The van der Waals surface area contributed by atoms with Crippen LogP contribution in [0.5, 0.6) is 0 Å². The van der Waals surface area contributed by atoms with Gasteiger partial charge in [0.15, 0.2) is 0 Å². The van der Waals surface area contributed by atoms with Gasteiger partial charge in [-0.25, -0.2) is 0 Å². The molecular weight excluding hydrogens is 344 g/mol. The predicted molar refractivity (Wildman–Crippen MR) is 12.4 cm³/mol. The molecule has 0 atom stereocenters. The monoisotopic (exact) mass is 347 g/mol. The quantitative estimate of drug-likeness (QED) is 0.382. The standard InChI is InChI=1S/BH3O3.3ClH.Hf/c2-1(3)4;;;;/h2-4H;3*1H;/p-3. The molecule has 0 saturated heterocycles. The first-order valence-corrected chi connectivity index (χ1v) is 0.775. The average Bonchev–Trinajstić information content (AvgIpc) is 0.811. The van der Waals surface area contributed by atoms with Crippen LogP contribution in [0.4, 0.5) is 0 Å². The summed E-state index contributed by atoms with van der Waals surface area (Å²) in [5.74, 6) is 0. The molecule has 8 heavy (non-hydrogen) atoms. The molecular formula is H3BCl3HfO3-3. The number of rotatable bonds is 0. The van der Waals surface area contributed by atoms with Crippen LogP contribution < -0.4 is 37.2 Å². The van der Waals surface area contributed by atoms with Crippen molar-refractivity contribution >= 4 is 7.32 Å². The molecule has 52 valence electrons. The second-order valence-electron chi connectivity index (χ2n) is 0.346. The van der Waals surface area contributed by atoms with Crippen LogP contribution in [-0.4, -0.2) is 22.4 Å². The second-order valence-corrected chi connectivity index (χ2v) is 0.346. The Bertz CT molecular complexity index is 19.2. The maximum Gasteiger partial charge on any atom is 0.631 e. The summed E-state index contributed by atoms with van der Waals surface area (Å²) in [6.45, 7) is 0. The van der Waals surface area contributed by atoms with E-state index in [9.17, 15) is 0 Å². The molecule has 0 bridgehead atoms. The van der Waals surface area contributed by atoms with Crippen LogP contribution >= 0.6 is 0 Å². The Balaban J connectivity index is -0.00000000750. The predicted octanol–water partition coefficient (Wildman–Crippen LogP) is -11.0. The van der Waals surface area contributed by atoms with E-state index in [1.807, 2.05) is 0 Å². The van der Waals surface area contributed by atoms with Gasteiger partial charge in [-0.05, 0) is 0 Å². The number of halogens is 3. The largest absolute Gasteiger partial charge is 1.00 e. The molecule has 0 radical (unpaired) electrons. The fraction of sp³-hybridized carbons (Fsp3) is 0. The summed E-state index contributed by atoms with van der Waals surface area (Å²) in [4.78, 5) is 0. The first-order chi connectivity index (χ1) is 1.73. The zero-order chi connectivity index (χ0) is 3.58. The normalized spacial score (nSPS) is 3.38. The van der Waals surface area contributed by atoms with Crippen molar-refractivity contribution in [3.63, 3.8) is 0 Å². The SMILES string of the molecule is OB(O)O.[Cl-].[Cl-].[Cl-].[Hf]. The number of hydrogen-bond donors (Lipinski definition) is 3. The zero-order valence-electron chi connectivity index (χ0n) is 3.55. The molecule has 0 unspecified atom stereocenters. The third kappa shape index (κ3) is 121. The van der Waals surface area contributed by atoms with Gasteiger partial charge in [-0.2, -0.15) is 0 Å². The summed E-state index contributed by atoms with van der Waals surface area (Å²) >= 11 is 0. The van der Waals surface area contributed by atoms with Gasteiger partial charge in [0.25, 0.3) is 0 Å². The van der Waals surface area contributed by atoms with Gasteiger partial charge < -0.3 is 52.3 Å².